The molecule has 0 atom stereocenters. The summed E-state index contributed by atoms with van der Waals surface area (Å²) < 4.78 is 11.1. The molecule has 0 saturated heterocycles. The smallest absolute Gasteiger partial charge is 0.129 e. The normalized spacial score (nSPS) is 10.5. The van der Waals surface area contributed by atoms with Gasteiger partial charge in [-0.2, -0.15) is 0 Å². The molecular weight excluding hydrogens is 264 g/mol. The topological polar surface area (TPSA) is 57.4 Å². The molecule has 0 aliphatic carbocycles. The summed E-state index contributed by atoms with van der Waals surface area (Å²) in [7, 11) is 1.65. The molecule has 0 bridgehead atoms. The Balaban J connectivity index is 1.87. The highest BCUT2D eigenvalue weighted by Gasteiger charge is 2.06. The van der Waals surface area contributed by atoms with E-state index in [2.05, 4.69) is 4.98 Å². The fourth-order valence-electron chi connectivity index (χ4n) is 2.24. The average Bonchev–Trinajstić information content (AvgIpc) is 2.55. The molecular formula is C17H16N2O2. The van der Waals surface area contributed by atoms with E-state index in [0.29, 0.717) is 6.61 Å². The number of fused-ring (bicyclic) bond motifs is 1. The van der Waals surface area contributed by atoms with E-state index in [1.807, 2.05) is 42.5 Å². The third-order valence-electron chi connectivity index (χ3n) is 3.34. The van der Waals surface area contributed by atoms with E-state index in [1.165, 1.54) is 0 Å². The molecule has 0 amide bonds. The predicted molar refractivity (Wildman–Crippen MR) is 83.5 cm³/mol. The van der Waals surface area contributed by atoms with E-state index in [9.17, 15) is 0 Å². The van der Waals surface area contributed by atoms with Crippen molar-refractivity contribution in [2.45, 2.75) is 6.61 Å². The Morgan fingerprint density at radius 2 is 2.00 bits per heavy atom. The average molecular weight is 280 g/mol. The predicted octanol–water partition coefficient (Wildman–Crippen LogP) is 3.40. The van der Waals surface area contributed by atoms with Crippen molar-refractivity contribution in [3.05, 3.63) is 60.4 Å². The first-order chi connectivity index (χ1) is 10.3. The standard InChI is InChI=1S/C17H16N2O2/c1-20-13-4-2-3-12(9-13)11-21-17-6-5-16(18)14-7-8-19-10-15(14)17/h2-10H,11,18H2,1H3. The molecule has 0 saturated carbocycles. The fourth-order valence-corrected chi connectivity index (χ4v) is 2.24. The number of pyridine rings is 1. The summed E-state index contributed by atoms with van der Waals surface area (Å²) in [5, 5.41) is 1.87. The van der Waals surface area contributed by atoms with Gasteiger partial charge in [0.05, 0.1) is 7.11 Å². The summed E-state index contributed by atoms with van der Waals surface area (Å²) in [6.07, 6.45) is 3.50. The van der Waals surface area contributed by atoms with Crippen LogP contribution in [0.4, 0.5) is 5.69 Å². The van der Waals surface area contributed by atoms with Crippen molar-refractivity contribution in [3.63, 3.8) is 0 Å². The van der Waals surface area contributed by atoms with Gasteiger partial charge in [0.25, 0.3) is 0 Å². The monoisotopic (exact) mass is 280 g/mol. The van der Waals surface area contributed by atoms with Crippen LogP contribution in [0.25, 0.3) is 10.8 Å². The largest absolute Gasteiger partial charge is 0.497 e. The maximum Gasteiger partial charge on any atom is 0.129 e. The number of ether oxygens (including phenoxy) is 2. The molecule has 3 rings (SSSR count). The number of methoxy groups -OCH3 is 1. The van der Waals surface area contributed by atoms with Crippen LogP contribution in [0, 0.1) is 0 Å². The Kier molecular flexibility index (Phi) is 3.60. The van der Waals surface area contributed by atoms with Crippen LogP contribution in [0.3, 0.4) is 0 Å². The highest BCUT2D eigenvalue weighted by atomic mass is 16.5. The van der Waals surface area contributed by atoms with Crippen LogP contribution in [0.1, 0.15) is 5.56 Å². The van der Waals surface area contributed by atoms with Gasteiger partial charge in [0.2, 0.25) is 0 Å². The molecule has 0 unspecified atom stereocenters. The van der Waals surface area contributed by atoms with E-state index >= 15 is 0 Å². The molecule has 2 N–H and O–H groups in total. The molecule has 1 aromatic heterocycles. The third kappa shape index (κ3) is 2.74. The van der Waals surface area contributed by atoms with Crippen LogP contribution < -0.4 is 15.2 Å². The maximum absolute atomic E-state index is 5.97. The number of nitrogens with two attached hydrogens (primary N) is 1. The summed E-state index contributed by atoms with van der Waals surface area (Å²) in [5.41, 5.74) is 7.74. The quantitative estimate of drug-likeness (QED) is 0.744. The fraction of sp³-hybridized carbons (Fsp3) is 0.118. The van der Waals surface area contributed by atoms with E-state index in [0.717, 1.165) is 33.5 Å². The summed E-state index contributed by atoms with van der Waals surface area (Å²) in [6.45, 7) is 0.463. The van der Waals surface area contributed by atoms with Crippen molar-refractivity contribution in [1.82, 2.24) is 4.98 Å². The number of nitrogen functional groups attached to an aromatic ring is 1. The Labute approximate surface area is 123 Å². The van der Waals surface area contributed by atoms with Crippen LogP contribution in [-0.4, -0.2) is 12.1 Å². The van der Waals surface area contributed by atoms with Gasteiger partial charge in [-0.1, -0.05) is 12.1 Å². The van der Waals surface area contributed by atoms with Crippen molar-refractivity contribution in [1.29, 1.82) is 0 Å². The van der Waals surface area contributed by atoms with Gasteiger partial charge in [-0.05, 0) is 35.9 Å². The lowest BCUT2D eigenvalue weighted by molar-refractivity contribution is 0.309. The molecule has 4 nitrogen and oxygen atoms in total. The van der Waals surface area contributed by atoms with Crippen molar-refractivity contribution in [3.8, 4) is 11.5 Å². The van der Waals surface area contributed by atoms with Crippen LogP contribution in [-0.2, 0) is 6.61 Å². The van der Waals surface area contributed by atoms with Gasteiger partial charge in [-0.25, -0.2) is 0 Å². The number of anilines is 1. The number of hydrogen-bond donors (Lipinski definition) is 1. The lowest BCUT2D eigenvalue weighted by Gasteiger charge is -2.11. The second kappa shape index (κ2) is 5.71. The van der Waals surface area contributed by atoms with Crippen LogP contribution >= 0.6 is 0 Å². The highest BCUT2D eigenvalue weighted by molar-refractivity contribution is 5.96. The molecule has 1 heterocycles. The Morgan fingerprint density at radius 1 is 1.10 bits per heavy atom. The molecule has 106 valence electrons. The first-order valence-electron chi connectivity index (χ1n) is 6.66. The van der Waals surface area contributed by atoms with Crippen LogP contribution in [0.2, 0.25) is 0 Å². The summed E-state index contributed by atoms with van der Waals surface area (Å²) >= 11 is 0. The molecule has 0 spiro atoms. The Bertz CT molecular complexity index is 772. The van der Waals surface area contributed by atoms with E-state index in [-0.39, 0.29) is 0 Å². The highest BCUT2D eigenvalue weighted by Crippen LogP contribution is 2.29. The molecule has 0 aliphatic rings. The van der Waals surface area contributed by atoms with Crippen molar-refractivity contribution in [2.75, 3.05) is 12.8 Å². The van der Waals surface area contributed by atoms with Crippen molar-refractivity contribution < 1.29 is 9.47 Å². The van der Waals surface area contributed by atoms with Crippen LogP contribution in [0.5, 0.6) is 11.5 Å². The summed E-state index contributed by atoms with van der Waals surface area (Å²) in [5.74, 6) is 1.59. The lowest BCUT2D eigenvalue weighted by atomic mass is 10.1. The Hall–Kier alpha value is -2.75. The van der Waals surface area contributed by atoms with E-state index in [1.54, 1.807) is 19.5 Å². The zero-order chi connectivity index (χ0) is 14.7. The van der Waals surface area contributed by atoms with Crippen molar-refractivity contribution >= 4 is 16.5 Å². The third-order valence-corrected chi connectivity index (χ3v) is 3.34. The molecule has 21 heavy (non-hydrogen) atoms. The molecule has 0 radical (unpaired) electrons. The molecule has 4 heteroatoms. The zero-order valence-corrected chi connectivity index (χ0v) is 11.7. The number of aromatic nitrogens is 1. The van der Waals surface area contributed by atoms with Gasteiger partial charge in [0.15, 0.2) is 0 Å². The van der Waals surface area contributed by atoms with E-state index in [4.69, 9.17) is 15.2 Å². The maximum atomic E-state index is 5.97. The van der Waals surface area contributed by atoms with E-state index < -0.39 is 0 Å². The second-order valence-electron chi connectivity index (χ2n) is 4.71. The van der Waals surface area contributed by atoms with Gasteiger partial charge in [0.1, 0.15) is 18.1 Å². The number of nitrogens with zero attached hydrogens (tertiary/aromatic N) is 1. The molecule has 0 fully saturated rings. The Morgan fingerprint density at radius 3 is 2.86 bits per heavy atom. The van der Waals surface area contributed by atoms with Gasteiger partial charge < -0.3 is 15.2 Å². The van der Waals surface area contributed by atoms with Gasteiger partial charge in [0, 0.05) is 28.9 Å². The van der Waals surface area contributed by atoms with Gasteiger partial charge >= 0.3 is 0 Å². The van der Waals surface area contributed by atoms with Crippen LogP contribution in [0.15, 0.2) is 54.9 Å². The first kappa shape index (κ1) is 13.2. The number of rotatable bonds is 4. The molecule has 0 aliphatic heterocycles. The van der Waals surface area contributed by atoms with Crippen molar-refractivity contribution in [2.24, 2.45) is 0 Å². The van der Waals surface area contributed by atoms with Gasteiger partial charge in [-0.3, -0.25) is 4.98 Å². The molecule has 3 aromatic rings. The number of hydrogen-bond acceptors (Lipinski definition) is 4. The minimum absolute atomic E-state index is 0.463. The molecule has 2 aromatic carbocycles. The van der Waals surface area contributed by atoms with Gasteiger partial charge in [-0.15, -0.1) is 0 Å². The first-order valence-corrected chi connectivity index (χ1v) is 6.66. The lowest BCUT2D eigenvalue weighted by Crippen LogP contribution is -1.98. The minimum Gasteiger partial charge on any atom is -0.497 e. The second-order valence-corrected chi connectivity index (χ2v) is 4.71. The minimum atomic E-state index is 0.463. The summed E-state index contributed by atoms with van der Waals surface area (Å²) in [6, 6.07) is 13.4. The summed E-state index contributed by atoms with van der Waals surface area (Å²) in [4.78, 5) is 4.14. The zero-order valence-electron chi connectivity index (χ0n) is 11.7. The number of benzene rings is 2. The SMILES string of the molecule is COc1cccc(COc2ccc(N)c3ccncc23)c1.